The van der Waals surface area contributed by atoms with Crippen molar-refractivity contribution < 1.29 is 39.6 Å². The summed E-state index contributed by atoms with van der Waals surface area (Å²) in [5.41, 5.74) is 5.78. The van der Waals surface area contributed by atoms with Gasteiger partial charge in [-0.25, -0.2) is 0 Å². The van der Waals surface area contributed by atoms with Gasteiger partial charge in [0, 0.05) is 6.04 Å². The van der Waals surface area contributed by atoms with Crippen LogP contribution in [0.4, 0.5) is 0 Å². The lowest BCUT2D eigenvalue weighted by Gasteiger charge is -2.24. The molecule has 0 spiro atoms. The second-order valence-electron chi connectivity index (χ2n) is 6.01. The lowest BCUT2D eigenvalue weighted by Crippen LogP contribution is -2.33. The van der Waals surface area contributed by atoms with Crippen LogP contribution >= 0.6 is 0 Å². The van der Waals surface area contributed by atoms with Crippen molar-refractivity contribution in [3.63, 3.8) is 0 Å². The normalized spacial score (nSPS) is 22.4. The van der Waals surface area contributed by atoms with Crippen molar-refractivity contribution in [3.8, 4) is 0 Å². The fourth-order valence-electron chi connectivity index (χ4n) is 2.52. The van der Waals surface area contributed by atoms with Crippen molar-refractivity contribution in [3.05, 3.63) is 0 Å². The molecule has 24 heavy (non-hydrogen) atoms. The predicted octanol–water partition coefficient (Wildman–Crippen LogP) is 0.861. The summed E-state index contributed by atoms with van der Waals surface area (Å²) in [5, 5.41) is 34.1. The highest BCUT2D eigenvalue weighted by Crippen LogP contribution is 2.22. The molecule has 1 rings (SSSR count). The predicted molar refractivity (Wildman–Crippen MR) is 82.4 cm³/mol. The van der Waals surface area contributed by atoms with Gasteiger partial charge >= 0.3 is 23.9 Å². The second kappa shape index (κ2) is 10.6. The number of carboxylic acids is 4. The molecular weight excluding hydrogens is 322 g/mol. The molecular formula is C15H25NO8. The standard InChI is InChI=1S/C8H10O8.C7H15N/c9-5(10)1-3(7(13)14)4(8(15)16)2-6(11)12;1-6-4-2-3-5-7(6)8/h3-4H,1-2H2,(H,9,10)(H,11,12)(H,13,14)(H,15,16);6-7H,2-5,8H2,1H3. The fourth-order valence-corrected chi connectivity index (χ4v) is 2.52. The van der Waals surface area contributed by atoms with Gasteiger partial charge in [0.1, 0.15) is 0 Å². The molecule has 1 aliphatic rings. The van der Waals surface area contributed by atoms with Crippen LogP contribution in [0.15, 0.2) is 0 Å². The SMILES string of the molecule is CC1CCCCC1N.O=C(O)CC(C(=O)O)C(CC(=O)O)C(=O)O. The van der Waals surface area contributed by atoms with Crippen molar-refractivity contribution in [2.45, 2.75) is 51.5 Å². The van der Waals surface area contributed by atoms with Crippen LogP contribution in [0.25, 0.3) is 0 Å². The molecule has 9 heteroatoms. The van der Waals surface area contributed by atoms with Gasteiger partial charge in [0.2, 0.25) is 0 Å². The maximum Gasteiger partial charge on any atom is 0.307 e. The third kappa shape index (κ3) is 8.47. The summed E-state index contributed by atoms with van der Waals surface area (Å²) in [6.07, 6.45) is 3.49. The van der Waals surface area contributed by atoms with Crippen molar-refractivity contribution in [1.82, 2.24) is 0 Å². The van der Waals surface area contributed by atoms with Crippen molar-refractivity contribution in [2.24, 2.45) is 23.5 Å². The first kappa shape index (κ1) is 21.8. The number of aliphatic carboxylic acids is 4. The minimum Gasteiger partial charge on any atom is -0.481 e. The molecule has 4 atom stereocenters. The summed E-state index contributed by atoms with van der Waals surface area (Å²) < 4.78 is 0. The molecule has 138 valence electrons. The zero-order chi connectivity index (χ0) is 18.9. The number of hydrogen-bond donors (Lipinski definition) is 5. The molecule has 0 radical (unpaired) electrons. The topological polar surface area (TPSA) is 175 Å². The van der Waals surface area contributed by atoms with Crippen LogP contribution in [-0.4, -0.2) is 50.3 Å². The van der Waals surface area contributed by atoms with E-state index in [9.17, 15) is 19.2 Å². The van der Waals surface area contributed by atoms with Gasteiger partial charge in [-0.3, -0.25) is 19.2 Å². The Hall–Kier alpha value is -2.16. The minimum atomic E-state index is -1.76. The Balaban J connectivity index is 0.000000546. The summed E-state index contributed by atoms with van der Waals surface area (Å²) in [4.78, 5) is 41.9. The first-order valence-electron chi connectivity index (χ1n) is 7.71. The number of rotatable bonds is 7. The van der Waals surface area contributed by atoms with E-state index in [1.165, 1.54) is 25.7 Å². The summed E-state index contributed by atoms with van der Waals surface area (Å²) in [6, 6.07) is 0.503. The van der Waals surface area contributed by atoms with Crippen LogP contribution in [0, 0.1) is 17.8 Å². The van der Waals surface area contributed by atoms with Crippen LogP contribution in [0.5, 0.6) is 0 Å². The molecule has 1 fully saturated rings. The third-order valence-electron chi connectivity index (χ3n) is 4.09. The van der Waals surface area contributed by atoms with Gasteiger partial charge in [0.05, 0.1) is 24.7 Å². The van der Waals surface area contributed by atoms with Gasteiger partial charge in [0.15, 0.2) is 0 Å². The highest BCUT2D eigenvalue weighted by atomic mass is 16.4. The molecule has 0 heterocycles. The monoisotopic (exact) mass is 347 g/mol. The minimum absolute atomic E-state index is 0.503. The summed E-state index contributed by atoms with van der Waals surface area (Å²) in [6.45, 7) is 2.25. The Kier molecular flexibility index (Phi) is 9.63. The van der Waals surface area contributed by atoms with Crippen molar-refractivity contribution in [1.29, 1.82) is 0 Å². The van der Waals surface area contributed by atoms with Crippen LogP contribution in [-0.2, 0) is 19.2 Å². The van der Waals surface area contributed by atoms with E-state index in [2.05, 4.69) is 6.92 Å². The Morgan fingerprint density at radius 2 is 1.25 bits per heavy atom. The van der Waals surface area contributed by atoms with Crippen LogP contribution in [0.2, 0.25) is 0 Å². The summed E-state index contributed by atoms with van der Waals surface area (Å²) in [7, 11) is 0. The Morgan fingerprint density at radius 3 is 1.46 bits per heavy atom. The molecule has 0 aromatic rings. The van der Waals surface area contributed by atoms with Gasteiger partial charge in [0.25, 0.3) is 0 Å². The second-order valence-corrected chi connectivity index (χ2v) is 6.01. The first-order chi connectivity index (χ1) is 11.1. The molecule has 0 aromatic heterocycles. The lowest BCUT2D eigenvalue weighted by atomic mass is 9.87. The maximum absolute atomic E-state index is 10.6. The van der Waals surface area contributed by atoms with E-state index in [0.29, 0.717) is 6.04 Å². The summed E-state index contributed by atoms with van der Waals surface area (Å²) in [5.74, 6) is -9.01. The van der Waals surface area contributed by atoms with Crippen LogP contribution in [0.3, 0.4) is 0 Å². The number of carbonyl (C=O) groups is 4. The van der Waals surface area contributed by atoms with Gasteiger partial charge in [-0.15, -0.1) is 0 Å². The van der Waals surface area contributed by atoms with Gasteiger partial charge in [-0.1, -0.05) is 19.8 Å². The molecule has 9 nitrogen and oxygen atoms in total. The van der Waals surface area contributed by atoms with E-state index in [1.54, 1.807) is 0 Å². The molecule has 0 aliphatic heterocycles. The molecule has 0 amide bonds. The first-order valence-corrected chi connectivity index (χ1v) is 7.71. The molecule has 0 bridgehead atoms. The van der Waals surface area contributed by atoms with Gasteiger partial charge in [-0.2, -0.15) is 0 Å². The van der Waals surface area contributed by atoms with Crippen molar-refractivity contribution >= 4 is 23.9 Å². The molecule has 1 saturated carbocycles. The van der Waals surface area contributed by atoms with Crippen molar-refractivity contribution in [2.75, 3.05) is 0 Å². The van der Waals surface area contributed by atoms with E-state index in [4.69, 9.17) is 26.2 Å². The van der Waals surface area contributed by atoms with E-state index >= 15 is 0 Å². The molecule has 1 aliphatic carbocycles. The van der Waals surface area contributed by atoms with E-state index in [-0.39, 0.29) is 0 Å². The zero-order valence-electron chi connectivity index (χ0n) is 13.6. The number of carboxylic acid groups (broad SMARTS) is 4. The quantitative estimate of drug-likeness (QED) is 0.447. The number of nitrogens with two attached hydrogens (primary N) is 1. The Labute approximate surface area is 139 Å². The molecule has 0 aromatic carbocycles. The highest BCUT2D eigenvalue weighted by Gasteiger charge is 2.36. The Morgan fingerprint density at radius 1 is 0.875 bits per heavy atom. The molecule has 6 N–H and O–H groups in total. The van der Waals surface area contributed by atoms with Crippen LogP contribution < -0.4 is 5.73 Å². The van der Waals surface area contributed by atoms with Gasteiger partial charge in [-0.05, 0) is 18.8 Å². The van der Waals surface area contributed by atoms with E-state index < -0.39 is 48.6 Å². The number of hydrogen-bond acceptors (Lipinski definition) is 5. The van der Waals surface area contributed by atoms with E-state index in [1.807, 2.05) is 0 Å². The average molecular weight is 347 g/mol. The largest absolute Gasteiger partial charge is 0.481 e. The average Bonchev–Trinajstić information content (AvgIpc) is 2.45. The van der Waals surface area contributed by atoms with Crippen LogP contribution in [0.1, 0.15) is 45.4 Å². The van der Waals surface area contributed by atoms with Gasteiger partial charge < -0.3 is 26.2 Å². The summed E-state index contributed by atoms with van der Waals surface area (Å²) >= 11 is 0. The molecule has 4 unspecified atom stereocenters. The maximum atomic E-state index is 10.6. The zero-order valence-corrected chi connectivity index (χ0v) is 13.6. The highest BCUT2D eigenvalue weighted by molar-refractivity contribution is 5.86. The fraction of sp³-hybridized carbons (Fsp3) is 0.733. The third-order valence-corrected chi connectivity index (χ3v) is 4.09. The lowest BCUT2D eigenvalue weighted by molar-refractivity contribution is -0.160. The van der Waals surface area contributed by atoms with E-state index in [0.717, 1.165) is 5.92 Å². The molecule has 0 saturated heterocycles. The Bertz CT molecular complexity index is 422. The smallest absolute Gasteiger partial charge is 0.307 e.